The van der Waals surface area contributed by atoms with E-state index in [1.54, 1.807) is 0 Å². The van der Waals surface area contributed by atoms with Gasteiger partial charge in [-0.25, -0.2) is 10.2 Å². The van der Waals surface area contributed by atoms with Crippen LogP contribution >= 0.6 is 0 Å². The predicted molar refractivity (Wildman–Crippen MR) is 59.0 cm³/mol. The Labute approximate surface area is 98.6 Å². The zero-order chi connectivity index (χ0) is 11.9. The molecule has 8 heteroatoms. The summed E-state index contributed by atoms with van der Waals surface area (Å²) in [5, 5.41) is 27.8. The van der Waals surface area contributed by atoms with Gasteiger partial charge in [-0.1, -0.05) is 32.6 Å². The number of unbranched alkanes of at least 4 members (excludes halogenated alkanes) is 3. The Morgan fingerprint density at radius 2 is 1.59 bits per heavy atom. The minimum absolute atomic E-state index is 0.0249. The van der Waals surface area contributed by atoms with E-state index in [0.717, 1.165) is 12.8 Å². The Bertz CT molecular complexity index is 360. The van der Waals surface area contributed by atoms with Gasteiger partial charge < -0.3 is 0 Å². The standard InChI is InChI=1S/C9H16N8/c1-2-3-4-5-6-7(8-10-14-15-11-8)9-12-16-17-13-9/h7H,2-6H2,1H3,(H,10,11,14,15)(H,12,13,16,17). The van der Waals surface area contributed by atoms with E-state index in [1.807, 2.05) is 0 Å². The van der Waals surface area contributed by atoms with Crippen LogP contribution in [0.1, 0.15) is 56.6 Å². The molecule has 2 rings (SSSR count). The average molecular weight is 236 g/mol. The second-order valence-electron chi connectivity index (χ2n) is 3.97. The molecule has 0 unspecified atom stereocenters. The number of H-pyrrole nitrogens is 2. The molecule has 2 heterocycles. The van der Waals surface area contributed by atoms with Crippen LogP contribution in [0.2, 0.25) is 0 Å². The van der Waals surface area contributed by atoms with E-state index in [1.165, 1.54) is 19.3 Å². The number of hydrogen-bond acceptors (Lipinski definition) is 6. The maximum atomic E-state index is 3.94. The maximum absolute atomic E-state index is 3.94. The second kappa shape index (κ2) is 6.02. The summed E-state index contributed by atoms with van der Waals surface area (Å²) in [6, 6.07) is 0. The predicted octanol–water partition coefficient (Wildman–Crippen LogP) is 0.815. The van der Waals surface area contributed by atoms with Crippen LogP contribution < -0.4 is 0 Å². The summed E-state index contributed by atoms with van der Waals surface area (Å²) >= 11 is 0. The molecule has 0 fully saturated rings. The summed E-state index contributed by atoms with van der Waals surface area (Å²) in [5.74, 6) is 1.44. The van der Waals surface area contributed by atoms with Crippen LogP contribution in [0.3, 0.4) is 0 Å². The van der Waals surface area contributed by atoms with Crippen molar-refractivity contribution in [1.82, 2.24) is 41.2 Å². The number of nitrogens with one attached hydrogen (secondary N) is 2. The largest absolute Gasteiger partial charge is 0.242 e. The molecule has 0 amide bonds. The number of hydrogen-bond donors (Lipinski definition) is 2. The Kier molecular flexibility index (Phi) is 4.11. The molecular formula is C9H16N8. The molecule has 0 spiro atoms. The van der Waals surface area contributed by atoms with E-state index in [9.17, 15) is 0 Å². The lowest BCUT2D eigenvalue weighted by Crippen LogP contribution is -2.06. The van der Waals surface area contributed by atoms with Crippen LogP contribution in [0, 0.1) is 0 Å². The summed E-state index contributed by atoms with van der Waals surface area (Å²) in [6.07, 6.45) is 5.72. The third kappa shape index (κ3) is 3.05. The normalized spacial score (nSPS) is 11.2. The van der Waals surface area contributed by atoms with Gasteiger partial charge in [0.1, 0.15) is 0 Å². The molecule has 0 atom stereocenters. The fraction of sp³-hybridized carbons (Fsp3) is 0.778. The van der Waals surface area contributed by atoms with Crippen LogP contribution in [0.15, 0.2) is 0 Å². The smallest absolute Gasteiger partial charge is 0.159 e. The van der Waals surface area contributed by atoms with Crippen LogP contribution in [-0.4, -0.2) is 41.2 Å². The Morgan fingerprint density at radius 3 is 2.06 bits per heavy atom. The minimum atomic E-state index is 0.0249. The van der Waals surface area contributed by atoms with Gasteiger partial charge in [0.25, 0.3) is 0 Å². The number of aromatic amines is 2. The van der Waals surface area contributed by atoms with Crippen molar-refractivity contribution in [2.24, 2.45) is 0 Å². The van der Waals surface area contributed by atoms with Crippen molar-refractivity contribution < 1.29 is 0 Å². The van der Waals surface area contributed by atoms with Crippen LogP contribution in [-0.2, 0) is 0 Å². The van der Waals surface area contributed by atoms with Crippen molar-refractivity contribution in [3.63, 3.8) is 0 Å². The summed E-state index contributed by atoms with van der Waals surface area (Å²) in [5.41, 5.74) is 0. The number of aromatic nitrogens is 8. The number of tetrazole rings is 2. The van der Waals surface area contributed by atoms with Gasteiger partial charge >= 0.3 is 0 Å². The molecule has 0 radical (unpaired) electrons. The molecule has 0 aliphatic rings. The second-order valence-corrected chi connectivity index (χ2v) is 3.97. The molecule has 17 heavy (non-hydrogen) atoms. The molecule has 0 saturated carbocycles. The Morgan fingerprint density at radius 1 is 0.941 bits per heavy atom. The summed E-state index contributed by atoms with van der Waals surface area (Å²) < 4.78 is 0. The highest BCUT2D eigenvalue weighted by molar-refractivity contribution is 5.05. The van der Waals surface area contributed by atoms with E-state index in [0.29, 0.717) is 11.6 Å². The lowest BCUT2D eigenvalue weighted by Gasteiger charge is -2.09. The molecule has 2 aromatic heterocycles. The lowest BCUT2D eigenvalue weighted by molar-refractivity contribution is 0.564. The van der Waals surface area contributed by atoms with Gasteiger partial charge in [-0.2, -0.15) is 0 Å². The number of nitrogens with zero attached hydrogens (tertiary/aromatic N) is 6. The first-order valence-corrected chi connectivity index (χ1v) is 5.89. The van der Waals surface area contributed by atoms with Gasteiger partial charge in [0.15, 0.2) is 11.6 Å². The molecule has 8 nitrogen and oxygen atoms in total. The highest BCUT2D eigenvalue weighted by Gasteiger charge is 2.20. The number of rotatable bonds is 7. The van der Waals surface area contributed by atoms with Gasteiger partial charge in [-0.05, 0) is 27.3 Å². The van der Waals surface area contributed by atoms with E-state index >= 15 is 0 Å². The third-order valence-electron chi connectivity index (χ3n) is 2.73. The zero-order valence-electron chi connectivity index (χ0n) is 9.80. The summed E-state index contributed by atoms with van der Waals surface area (Å²) in [7, 11) is 0. The van der Waals surface area contributed by atoms with Gasteiger partial charge in [0, 0.05) is 0 Å². The first-order chi connectivity index (χ1) is 8.42. The molecule has 0 aliphatic heterocycles. The average Bonchev–Trinajstić information content (AvgIpc) is 3.02. The molecule has 0 aliphatic carbocycles. The van der Waals surface area contributed by atoms with E-state index < -0.39 is 0 Å². The van der Waals surface area contributed by atoms with Crippen LogP contribution in [0.25, 0.3) is 0 Å². The fourth-order valence-electron chi connectivity index (χ4n) is 1.81. The SMILES string of the molecule is CCCCCCC(c1nnn[nH]1)c1nnn[nH]1. The summed E-state index contributed by atoms with van der Waals surface area (Å²) in [6.45, 7) is 2.19. The Hall–Kier alpha value is -1.86. The molecule has 2 aromatic rings. The first-order valence-electron chi connectivity index (χ1n) is 5.89. The molecule has 0 saturated heterocycles. The van der Waals surface area contributed by atoms with Crippen LogP contribution in [0.5, 0.6) is 0 Å². The topological polar surface area (TPSA) is 109 Å². The summed E-state index contributed by atoms with van der Waals surface area (Å²) in [4.78, 5) is 0. The fourth-order valence-corrected chi connectivity index (χ4v) is 1.81. The zero-order valence-corrected chi connectivity index (χ0v) is 9.80. The van der Waals surface area contributed by atoms with Crippen molar-refractivity contribution in [2.45, 2.75) is 44.9 Å². The molecule has 2 N–H and O–H groups in total. The molecule has 0 aromatic carbocycles. The highest BCUT2D eigenvalue weighted by atomic mass is 15.5. The van der Waals surface area contributed by atoms with Crippen molar-refractivity contribution in [3.05, 3.63) is 11.6 Å². The third-order valence-corrected chi connectivity index (χ3v) is 2.73. The van der Waals surface area contributed by atoms with Gasteiger partial charge in [0.2, 0.25) is 0 Å². The van der Waals surface area contributed by atoms with Crippen molar-refractivity contribution in [2.75, 3.05) is 0 Å². The van der Waals surface area contributed by atoms with Gasteiger partial charge in [-0.15, -0.1) is 10.2 Å². The molecule has 92 valence electrons. The van der Waals surface area contributed by atoms with Gasteiger partial charge in [0.05, 0.1) is 5.92 Å². The van der Waals surface area contributed by atoms with Gasteiger partial charge in [-0.3, -0.25) is 0 Å². The maximum Gasteiger partial charge on any atom is 0.159 e. The lowest BCUT2D eigenvalue weighted by atomic mass is 9.99. The molecule has 0 bridgehead atoms. The van der Waals surface area contributed by atoms with Crippen molar-refractivity contribution >= 4 is 0 Å². The van der Waals surface area contributed by atoms with Crippen LogP contribution in [0.4, 0.5) is 0 Å². The Balaban J connectivity index is 1.99. The first kappa shape index (κ1) is 11.6. The van der Waals surface area contributed by atoms with E-state index in [-0.39, 0.29) is 5.92 Å². The quantitative estimate of drug-likeness (QED) is 0.689. The minimum Gasteiger partial charge on any atom is -0.242 e. The van der Waals surface area contributed by atoms with E-state index in [2.05, 4.69) is 48.2 Å². The molecular weight excluding hydrogens is 220 g/mol. The highest BCUT2D eigenvalue weighted by Crippen LogP contribution is 2.23. The van der Waals surface area contributed by atoms with Crippen molar-refractivity contribution in [3.8, 4) is 0 Å². The monoisotopic (exact) mass is 236 g/mol. The van der Waals surface area contributed by atoms with E-state index in [4.69, 9.17) is 0 Å². The van der Waals surface area contributed by atoms with Crippen molar-refractivity contribution in [1.29, 1.82) is 0 Å².